The van der Waals surface area contributed by atoms with Crippen molar-refractivity contribution in [3.05, 3.63) is 0 Å². The quantitative estimate of drug-likeness (QED) is 0.118. The van der Waals surface area contributed by atoms with E-state index in [1.54, 1.807) is 0 Å². The molecule has 1 unspecified atom stereocenters. The van der Waals surface area contributed by atoms with Crippen LogP contribution >= 0.6 is 32.4 Å². The molecule has 0 saturated carbocycles. The summed E-state index contributed by atoms with van der Waals surface area (Å²) in [4.78, 5) is 14.6. The summed E-state index contributed by atoms with van der Waals surface area (Å²) in [6.45, 7) is 13.2. The predicted octanol–water partition coefficient (Wildman–Crippen LogP) is -2.16. The van der Waals surface area contributed by atoms with Crippen molar-refractivity contribution in [2.24, 2.45) is 5.41 Å². The van der Waals surface area contributed by atoms with Crippen molar-refractivity contribution < 1.29 is 63.9 Å². The van der Waals surface area contributed by atoms with Crippen LogP contribution in [0.3, 0.4) is 0 Å². The third-order valence-electron chi connectivity index (χ3n) is 3.78. The molecule has 0 saturated heterocycles. The van der Waals surface area contributed by atoms with Gasteiger partial charge in [0.1, 0.15) is 5.78 Å². The van der Waals surface area contributed by atoms with Gasteiger partial charge in [-0.3, -0.25) is 4.79 Å². The number of rotatable bonds is 11. The second kappa shape index (κ2) is 17.9. The van der Waals surface area contributed by atoms with Crippen LogP contribution in [0.1, 0.15) is 46.5 Å². The van der Waals surface area contributed by atoms with Crippen LogP contribution in [0.2, 0.25) is 0 Å². The van der Waals surface area contributed by atoms with Crippen molar-refractivity contribution in [2.75, 3.05) is 33.0 Å². The van der Waals surface area contributed by atoms with E-state index in [1.165, 1.54) is 0 Å². The van der Waals surface area contributed by atoms with E-state index >= 15 is 0 Å². The summed E-state index contributed by atoms with van der Waals surface area (Å²) in [5.74, 6) is 0.388. The number of hydrogen-bond donors (Lipinski definition) is 1. The third kappa shape index (κ3) is 18.8. The number of carbonyl (C=O) groups excluding carboxylic acids is 1. The summed E-state index contributed by atoms with van der Waals surface area (Å²) in [7, 11) is -0.270. The Labute approximate surface area is 233 Å². The van der Waals surface area contributed by atoms with Gasteiger partial charge in [0, 0.05) is 31.7 Å². The van der Waals surface area contributed by atoms with Gasteiger partial charge in [0.25, 0.3) is 0 Å². The topological polar surface area (TPSA) is 32.3 Å². The maximum absolute atomic E-state index is 12.7. The minimum Gasteiger partial charge on any atom is -0.412 e. The van der Waals surface area contributed by atoms with Gasteiger partial charge in [-0.2, -0.15) is 0 Å². The van der Waals surface area contributed by atoms with E-state index in [4.69, 9.17) is 49.7 Å². The first kappa shape index (κ1) is 33.9. The van der Waals surface area contributed by atoms with E-state index in [-0.39, 0.29) is 78.1 Å². The molecule has 27 heavy (non-hydrogen) atoms. The minimum atomic E-state index is -0.270. The normalized spacial score (nSPS) is 11.8. The Morgan fingerprint density at radius 3 is 2.04 bits per heavy atom. The molecule has 0 aliphatic rings. The molecule has 3 nitrogen and oxygen atoms in total. The van der Waals surface area contributed by atoms with E-state index < -0.39 is 0 Å². The van der Waals surface area contributed by atoms with Gasteiger partial charge in [0.15, 0.2) is 0 Å². The molecule has 0 aliphatic heterocycles. The molecule has 0 aromatic carbocycles. The molecule has 0 fully saturated rings. The Bertz CT molecular complexity index is 463. The molecule has 0 radical (unpaired) electrons. The largest absolute Gasteiger partial charge is 1.00 e. The number of carbonyl (C=O) groups is 1. The molecule has 0 heterocycles. The standard InChI is InChI=1S/C17H33N2OPS4.2Na/c1-17(2,3)12-14(21(4)5)13(20)8-6-10-19(16(24)25)11-7-9-18-15(22)23;;/h14H,6-12H2,1-5H3,(H,24,25)(H2,18,22,23);;/q;2*+1/p-2. The van der Waals surface area contributed by atoms with Crippen LogP contribution in [0.25, 0.3) is 0 Å². The van der Waals surface area contributed by atoms with E-state index in [0.717, 1.165) is 38.9 Å². The fourth-order valence-corrected chi connectivity index (χ4v) is 4.72. The van der Waals surface area contributed by atoms with Crippen LogP contribution in [0.5, 0.6) is 0 Å². The number of thiocarbonyl (C=S) groups is 2. The summed E-state index contributed by atoms with van der Waals surface area (Å²) in [5, 5.41) is 2.95. The minimum absolute atomic E-state index is 0. The Kier molecular flexibility index (Phi) is 22.6. The average molecular weight is 485 g/mol. The van der Waals surface area contributed by atoms with Crippen molar-refractivity contribution in [3.8, 4) is 0 Å². The molecule has 0 aliphatic carbocycles. The number of ketones is 1. The van der Waals surface area contributed by atoms with Crippen LogP contribution in [0.4, 0.5) is 0 Å². The van der Waals surface area contributed by atoms with Crippen molar-refractivity contribution in [3.63, 3.8) is 0 Å². The van der Waals surface area contributed by atoms with Crippen molar-refractivity contribution in [2.45, 2.75) is 52.1 Å². The van der Waals surface area contributed by atoms with Gasteiger partial charge in [-0.15, -0.1) is 7.92 Å². The molecule has 0 spiro atoms. The molecule has 10 heteroatoms. The fraction of sp³-hybridized carbons (Fsp3) is 0.824. The number of nitrogens with zero attached hydrogens (tertiary/aromatic N) is 1. The maximum atomic E-state index is 12.7. The van der Waals surface area contributed by atoms with Gasteiger partial charge in [-0.25, -0.2) is 0 Å². The van der Waals surface area contributed by atoms with Gasteiger partial charge < -0.3 is 59.9 Å². The Morgan fingerprint density at radius 2 is 1.63 bits per heavy atom. The van der Waals surface area contributed by atoms with E-state index in [1.807, 2.05) is 4.90 Å². The third-order valence-corrected chi connectivity index (χ3v) is 6.31. The Morgan fingerprint density at radius 1 is 1.11 bits per heavy atom. The summed E-state index contributed by atoms with van der Waals surface area (Å²) in [6.07, 6.45) is 3.22. The molecular formula is C17H31N2Na2OPS4. The smallest absolute Gasteiger partial charge is 0.412 e. The van der Waals surface area contributed by atoms with Crippen LogP contribution in [-0.2, 0) is 30.1 Å². The molecule has 0 amide bonds. The molecule has 0 aromatic heterocycles. The second-order valence-corrected chi connectivity index (χ2v) is 12.3. The molecular weight excluding hydrogens is 453 g/mol. The molecule has 1 atom stereocenters. The first-order chi connectivity index (χ1) is 11.4. The number of hydrogen-bond acceptors (Lipinski definition) is 5. The summed E-state index contributed by atoms with van der Waals surface area (Å²) in [6, 6.07) is 0. The second-order valence-electron chi connectivity index (χ2n) is 7.63. The van der Waals surface area contributed by atoms with Crippen molar-refractivity contribution in [1.29, 1.82) is 0 Å². The first-order valence-corrected chi connectivity index (χ1v) is 12.5. The predicted molar refractivity (Wildman–Crippen MR) is 125 cm³/mol. The summed E-state index contributed by atoms with van der Waals surface area (Å²) in [5.41, 5.74) is 0.371. The molecule has 1 N–H and O–H groups in total. The van der Waals surface area contributed by atoms with Crippen molar-refractivity contribution in [1.82, 2.24) is 10.2 Å². The number of nitrogens with one attached hydrogen (secondary N) is 1. The van der Waals surface area contributed by atoms with Crippen molar-refractivity contribution >= 4 is 72.0 Å². The van der Waals surface area contributed by atoms with Crippen LogP contribution in [0.15, 0.2) is 0 Å². The van der Waals surface area contributed by atoms with Crippen LogP contribution in [0, 0.1) is 5.41 Å². The van der Waals surface area contributed by atoms with E-state index in [0.29, 0.717) is 20.8 Å². The van der Waals surface area contributed by atoms with E-state index in [2.05, 4.69) is 39.4 Å². The first-order valence-electron chi connectivity index (χ1n) is 8.54. The van der Waals surface area contributed by atoms with Crippen LogP contribution < -0.4 is 64.4 Å². The zero-order chi connectivity index (χ0) is 19.6. The number of Topliss-reactive ketones (excluding diaryl/α,β-unsaturated/α-hetero) is 1. The molecule has 0 aromatic rings. The Balaban J connectivity index is -0.00000288. The van der Waals surface area contributed by atoms with Gasteiger partial charge >= 0.3 is 59.1 Å². The SMILES string of the molecule is CP(C)C(CC(C)(C)C)C(=O)CCCN(CCCNC(=S)[S-])C(=S)[S-].[Na+].[Na+]. The van der Waals surface area contributed by atoms with Gasteiger partial charge in [-0.1, -0.05) is 29.4 Å². The maximum Gasteiger partial charge on any atom is 1.00 e. The Hall–Kier alpha value is 2.32. The monoisotopic (exact) mass is 484 g/mol. The molecule has 0 bridgehead atoms. The summed E-state index contributed by atoms with van der Waals surface area (Å²) >= 11 is 19.9. The fourth-order valence-electron chi connectivity index (χ4n) is 2.53. The van der Waals surface area contributed by atoms with Gasteiger partial charge in [0.05, 0.1) is 0 Å². The average Bonchev–Trinajstić information content (AvgIpc) is 2.45. The van der Waals surface area contributed by atoms with Gasteiger partial charge in [-0.05, 0) is 38.0 Å². The van der Waals surface area contributed by atoms with Crippen LogP contribution in [-0.4, -0.2) is 57.9 Å². The summed E-state index contributed by atoms with van der Waals surface area (Å²) < 4.78 is 0.853. The zero-order valence-electron chi connectivity index (χ0n) is 18.0. The molecule has 0 rings (SSSR count). The van der Waals surface area contributed by atoms with E-state index in [9.17, 15) is 4.79 Å². The van der Waals surface area contributed by atoms with Gasteiger partial charge in [0.2, 0.25) is 0 Å². The zero-order valence-corrected chi connectivity index (χ0v) is 26.1. The molecule has 146 valence electrons.